The van der Waals surface area contributed by atoms with Crippen LogP contribution in [0.15, 0.2) is 53.7 Å². The first kappa shape index (κ1) is 16.2. The van der Waals surface area contributed by atoms with Crippen molar-refractivity contribution in [2.75, 3.05) is 4.90 Å². The van der Waals surface area contributed by atoms with Crippen LogP contribution in [-0.4, -0.2) is 28.6 Å². The number of imide groups is 1. The van der Waals surface area contributed by atoms with E-state index in [4.69, 9.17) is 16.4 Å². The monoisotopic (exact) mass is 371 g/mol. The predicted octanol–water partition coefficient (Wildman–Crippen LogP) is 2.54. The number of hydrogen-bond acceptors (Lipinski definition) is 6. The molecule has 130 valence electrons. The van der Waals surface area contributed by atoms with Crippen LogP contribution in [0, 0.1) is 16.0 Å². The number of halogens is 1. The number of rotatable bonds is 3. The highest BCUT2D eigenvalue weighted by Crippen LogP contribution is 2.36. The van der Waals surface area contributed by atoms with Crippen molar-refractivity contribution in [2.45, 2.75) is 6.10 Å². The van der Waals surface area contributed by atoms with Gasteiger partial charge in [0.05, 0.1) is 10.6 Å². The number of oxime groups is 1. The van der Waals surface area contributed by atoms with E-state index in [-0.39, 0.29) is 11.4 Å². The van der Waals surface area contributed by atoms with Gasteiger partial charge in [0.25, 0.3) is 11.6 Å². The summed E-state index contributed by atoms with van der Waals surface area (Å²) in [5, 5.41) is 15.0. The number of benzene rings is 2. The van der Waals surface area contributed by atoms with E-state index in [1.54, 1.807) is 18.2 Å². The average molecular weight is 372 g/mol. The van der Waals surface area contributed by atoms with Crippen molar-refractivity contribution in [1.29, 1.82) is 0 Å². The average Bonchev–Trinajstić information content (AvgIpc) is 3.16. The van der Waals surface area contributed by atoms with Gasteiger partial charge in [0.1, 0.15) is 11.6 Å². The van der Waals surface area contributed by atoms with Gasteiger partial charge in [-0.25, -0.2) is 4.90 Å². The summed E-state index contributed by atoms with van der Waals surface area (Å²) < 4.78 is 0. The second-order valence-corrected chi connectivity index (χ2v) is 6.21. The van der Waals surface area contributed by atoms with Crippen molar-refractivity contribution < 1.29 is 19.3 Å². The lowest BCUT2D eigenvalue weighted by Gasteiger charge is -2.15. The molecule has 0 aliphatic carbocycles. The Balaban J connectivity index is 1.67. The van der Waals surface area contributed by atoms with Crippen molar-refractivity contribution in [3.8, 4) is 0 Å². The van der Waals surface area contributed by atoms with Crippen LogP contribution >= 0.6 is 11.6 Å². The van der Waals surface area contributed by atoms with Gasteiger partial charge in [-0.15, -0.1) is 0 Å². The van der Waals surface area contributed by atoms with E-state index in [2.05, 4.69) is 5.16 Å². The van der Waals surface area contributed by atoms with Gasteiger partial charge >= 0.3 is 0 Å². The van der Waals surface area contributed by atoms with E-state index in [1.165, 1.54) is 30.3 Å². The Kier molecular flexibility index (Phi) is 3.69. The van der Waals surface area contributed by atoms with Gasteiger partial charge in [0, 0.05) is 22.7 Å². The standard InChI is InChI=1S/C17H10ClN3O5/c18-10-2-1-3-12(8-10)20-16(22)13-14(19-26-15(13)17(20)23)9-4-6-11(7-5-9)21(24)25/h1-8,13,15H/t13-,15+/m1/s1. The van der Waals surface area contributed by atoms with Crippen LogP contribution in [0.3, 0.4) is 0 Å². The van der Waals surface area contributed by atoms with Crippen LogP contribution in [0.5, 0.6) is 0 Å². The van der Waals surface area contributed by atoms with Crippen LogP contribution in [-0.2, 0) is 14.4 Å². The molecule has 26 heavy (non-hydrogen) atoms. The zero-order chi connectivity index (χ0) is 18.4. The zero-order valence-electron chi connectivity index (χ0n) is 13.0. The molecule has 0 saturated carbocycles. The first-order valence-electron chi connectivity index (χ1n) is 7.59. The van der Waals surface area contributed by atoms with E-state index in [0.717, 1.165) is 4.90 Å². The maximum atomic E-state index is 12.9. The second kappa shape index (κ2) is 5.92. The number of hydrogen-bond donors (Lipinski definition) is 0. The molecule has 4 rings (SSSR count). The van der Waals surface area contributed by atoms with Crippen molar-refractivity contribution in [2.24, 2.45) is 11.1 Å². The number of anilines is 1. The molecular formula is C17H10ClN3O5. The molecule has 2 aromatic rings. The van der Waals surface area contributed by atoms with Gasteiger partial charge in [0.2, 0.25) is 12.0 Å². The quantitative estimate of drug-likeness (QED) is 0.468. The Morgan fingerprint density at radius 2 is 1.85 bits per heavy atom. The Labute approximate surface area is 151 Å². The number of fused-ring (bicyclic) bond motifs is 1. The number of amides is 2. The molecule has 2 aliphatic heterocycles. The molecule has 0 bridgehead atoms. The first-order valence-corrected chi connectivity index (χ1v) is 7.97. The molecule has 2 aliphatic rings. The van der Waals surface area contributed by atoms with Crippen molar-refractivity contribution in [3.63, 3.8) is 0 Å². The van der Waals surface area contributed by atoms with Gasteiger partial charge in [-0.2, -0.15) is 0 Å². The first-order chi connectivity index (χ1) is 12.5. The molecule has 0 radical (unpaired) electrons. The van der Waals surface area contributed by atoms with Crippen LogP contribution < -0.4 is 4.90 Å². The molecule has 0 spiro atoms. The molecule has 2 heterocycles. The van der Waals surface area contributed by atoms with E-state index in [1.807, 2.05) is 0 Å². The molecule has 2 aromatic carbocycles. The highest BCUT2D eigenvalue weighted by Gasteiger charge is 2.56. The third-order valence-electron chi connectivity index (χ3n) is 4.25. The topological polar surface area (TPSA) is 102 Å². The molecule has 0 N–H and O–H groups in total. The third-order valence-corrected chi connectivity index (χ3v) is 4.49. The minimum Gasteiger partial charge on any atom is -0.381 e. The van der Waals surface area contributed by atoms with E-state index in [0.29, 0.717) is 16.3 Å². The Morgan fingerprint density at radius 1 is 1.12 bits per heavy atom. The largest absolute Gasteiger partial charge is 0.381 e. The summed E-state index contributed by atoms with van der Waals surface area (Å²) in [4.78, 5) is 41.9. The van der Waals surface area contributed by atoms with Crippen molar-refractivity contribution in [3.05, 3.63) is 69.2 Å². The molecule has 2 amide bonds. The van der Waals surface area contributed by atoms with Crippen LogP contribution in [0.4, 0.5) is 11.4 Å². The van der Waals surface area contributed by atoms with Gasteiger partial charge in [0.15, 0.2) is 0 Å². The molecule has 0 unspecified atom stereocenters. The minimum atomic E-state index is -1.05. The number of nitro groups is 1. The van der Waals surface area contributed by atoms with Gasteiger partial charge < -0.3 is 4.84 Å². The van der Waals surface area contributed by atoms with Gasteiger partial charge in [-0.1, -0.05) is 22.8 Å². The van der Waals surface area contributed by atoms with E-state index < -0.39 is 28.8 Å². The molecule has 8 nitrogen and oxygen atoms in total. The summed E-state index contributed by atoms with van der Waals surface area (Å²) in [6.07, 6.45) is -1.05. The molecule has 1 fully saturated rings. The fourth-order valence-electron chi connectivity index (χ4n) is 3.04. The number of nitro benzene ring substituents is 1. The zero-order valence-corrected chi connectivity index (χ0v) is 13.8. The fraction of sp³-hybridized carbons (Fsp3) is 0.118. The van der Waals surface area contributed by atoms with E-state index in [9.17, 15) is 19.7 Å². The minimum absolute atomic E-state index is 0.0841. The highest BCUT2D eigenvalue weighted by atomic mass is 35.5. The van der Waals surface area contributed by atoms with Crippen LogP contribution in [0.1, 0.15) is 5.56 Å². The summed E-state index contributed by atoms with van der Waals surface area (Å²) in [6.45, 7) is 0. The lowest BCUT2D eigenvalue weighted by Crippen LogP contribution is -2.33. The van der Waals surface area contributed by atoms with Gasteiger partial charge in [-0.3, -0.25) is 19.7 Å². The third kappa shape index (κ3) is 2.42. The van der Waals surface area contributed by atoms with Crippen LogP contribution in [0.25, 0.3) is 0 Å². The summed E-state index contributed by atoms with van der Waals surface area (Å²) in [5.74, 6) is -1.90. The molecular weight excluding hydrogens is 362 g/mol. The maximum absolute atomic E-state index is 12.9. The Hall–Kier alpha value is -3.26. The molecule has 9 heteroatoms. The smallest absolute Gasteiger partial charge is 0.278 e. The highest BCUT2D eigenvalue weighted by molar-refractivity contribution is 6.34. The molecule has 1 saturated heterocycles. The SMILES string of the molecule is O=C1[C@@H]2C(c3ccc([N+](=O)[O-])cc3)=NO[C@@H]2C(=O)N1c1cccc(Cl)c1. The van der Waals surface area contributed by atoms with Crippen molar-refractivity contribution >= 4 is 40.5 Å². The second-order valence-electron chi connectivity index (χ2n) is 5.78. The summed E-state index contributed by atoms with van der Waals surface area (Å²) >= 11 is 5.94. The molecule has 2 atom stereocenters. The lowest BCUT2D eigenvalue weighted by atomic mass is 9.94. The number of nitrogens with zero attached hydrogens (tertiary/aromatic N) is 3. The number of carbonyl (C=O) groups is 2. The van der Waals surface area contributed by atoms with Crippen LogP contribution in [0.2, 0.25) is 5.02 Å². The van der Waals surface area contributed by atoms with Gasteiger partial charge in [-0.05, 0) is 30.3 Å². The summed E-state index contributed by atoms with van der Waals surface area (Å²) in [6, 6.07) is 12.0. The lowest BCUT2D eigenvalue weighted by molar-refractivity contribution is -0.384. The van der Waals surface area contributed by atoms with E-state index >= 15 is 0 Å². The summed E-state index contributed by atoms with van der Waals surface area (Å²) in [7, 11) is 0. The van der Waals surface area contributed by atoms with Crippen molar-refractivity contribution in [1.82, 2.24) is 0 Å². The Bertz CT molecular complexity index is 973. The fourth-order valence-corrected chi connectivity index (χ4v) is 3.22. The normalized spacial score (nSPS) is 21.4. The number of non-ortho nitro benzene ring substituents is 1. The summed E-state index contributed by atoms with van der Waals surface area (Å²) in [5.41, 5.74) is 1.03. The molecule has 0 aromatic heterocycles. The Morgan fingerprint density at radius 3 is 2.50 bits per heavy atom. The maximum Gasteiger partial charge on any atom is 0.278 e. The number of carbonyl (C=O) groups excluding carboxylic acids is 2. The predicted molar refractivity (Wildman–Crippen MR) is 91.9 cm³/mol.